The van der Waals surface area contributed by atoms with E-state index < -0.39 is 46.3 Å². The number of pyridine rings is 1. The number of aliphatic hydroxyl groups excluding tert-OH is 1. The highest BCUT2D eigenvalue weighted by molar-refractivity contribution is 7.85. The largest absolute Gasteiger partial charge is 0.391 e. The van der Waals surface area contributed by atoms with Crippen molar-refractivity contribution in [2.45, 2.75) is 69.3 Å². The summed E-state index contributed by atoms with van der Waals surface area (Å²) >= 11 is 0. The number of amides is 3. The summed E-state index contributed by atoms with van der Waals surface area (Å²) in [4.78, 5) is 43.3. The molecule has 4 atom stereocenters. The standard InChI is InChI=1S/C35H40N4O5S/c1-23(40)36-30(22-45(44)32-19-18-25-14-9-11-17-28(25)37-32)34(43)38-29(20-24-12-6-5-7-13-24)31(41)21-26-15-8-10-16-27(26)33(42)39-35(2,3)4/h5-19,29-31,41H,20-22H2,1-4H3,(H,36,40)(H,38,43)(H,39,42)/t29-,30-,31+,45?/m0/s1. The number of para-hydroxylation sites is 1. The first kappa shape index (κ1) is 33.5. The van der Waals surface area contributed by atoms with E-state index in [4.69, 9.17) is 0 Å². The Balaban J connectivity index is 1.56. The number of aliphatic hydroxyl groups is 1. The highest BCUT2D eigenvalue weighted by Crippen LogP contribution is 2.18. The van der Waals surface area contributed by atoms with Crippen molar-refractivity contribution in [1.29, 1.82) is 0 Å². The van der Waals surface area contributed by atoms with Crippen LogP contribution in [-0.2, 0) is 33.2 Å². The molecule has 4 aromatic rings. The van der Waals surface area contributed by atoms with E-state index in [1.807, 2.05) is 81.4 Å². The Morgan fingerprint density at radius 2 is 1.51 bits per heavy atom. The number of rotatable bonds is 12. The number of nitrogens with zero attached hydrogens (tertiary/aromatic N) is 1. The lowest BCUT2D eigenvalue weighted by atomic mass is 9.93. The molecular formula is C35H40N4O5S. The molecule has 0 fully saturated rings. The SMILES string of the molecule is CC(=O)N[C@@H](CS(=O)c1ccc2ccccc2n1)C(=O)N[C@@H](Cc1ccccc1)[C@H](O)Cc1ccccc1C(=O)NC(C)(C)C. The van der Waals surface area contributed by atoms with Crippen molar-refractivity contribution in [3.63, 3.8) is 0 Å². The monoisotopic (exact) mass is 628 g/mol. The molecule has 4 N–H and O–H groups in total. The summed E-state index contributed by atoms with van der Waals surface area (Å²) < 4.78 is 13.4. The summed E-state index contributed by atoms with van der Waals surface area (Å²) in [6, 6.07) is 25.4. The minimum atomic E-state index is -1.71. The Hall–Kier alpha value is -4.41. The van der Waals surface area contributed by atoms with E-state index in [0.717, 1.165) is 10.9 Å². The third-order valence-electron chi connectivity index (χ3n) is 7.09. The average molecular weight is 629 g/mol. The first-order valence-corrected chi connectivity index (χ1v) is 16.2. The number of nitrogens with one attached hydrogen (secondary N) is 3. The van der Waals surface area contributed by atoms with Gasteiger partial charge in [0.1, 0.15) is 11.1 Å². The summed E-state index contributed by atoms with van der Waals surface area (Å²) in [7, 11) is -1.71. The lowest BCUT2D eigenvalue weighted by Crippen LogP contribution is -2.55. The van der Waals surface area contributed by atoms with Crippen molar-refractivity contribution >= 4 is 39.4 Å². The van der Waals surface area contributed by atoms with Crippen LogP contribution in [-0.4, -0.2) is 61.5 Å². The Kier molecular flexibility index (Phi) is 11.2. The van der Waals surface area contributed by atoms with Crippen LogP contribution in [0.2, 0.25) is 0 Å². The first-order valence-electron chi connectivity index (χ1n) is 14.8. The molecule has 10 heteroatoms. The zero-order valence-corrected chi connectivity index (χ0v) is 26.8. The predicted molar refractivity (Wildman–Crippen MR) is 176 cm³/mol. The number of hydrogen-bond acceptors (Lipinski definition) is 6. The van der Waals surface area contributed by atoms with Crippen molar-refractivity contribution in [2.24, 2.45) is 0 Å². The fourth-order valence-electron chi connectivity index (χ4n) is 4.97. The molecule has 3 aromatic carbocycles. The van der Waals surface area contributed by atoms with Gasteiger partial charge in [0.2, 0.25) is 11.8 Å². The van der Waals surface area contributed by atoms with Crippen molar-refractivity contribution in [3.05, 3.63) is 108 Å². The molecule has 45 heavy (non-hydrogen) atoms. The van der Waals surface area contributed by atoms with E-state index in [1.54, 1.807) is 30.3 Å². The van der Waals surface area contributed by atoms with Crippen LogP contribution in [0.3, 0.4) is 0 Å². The first-order chi connectivity index (χ1) is 21.4. The van der Waals surface area contributed by atoms with Gasteiger partial charge >= 0.3 is 0 Å². The molecule has 0 saturated carbocycles. The van der Waals surface area contributed by atoms with Crippen LogP contribution in [0.25, 0.3) is 10.9 Å². The van der Waals surface area contributed by atoms with Gasteiger partial charge in [0.05, 0.1) is 34.2 Å². The average Bonchev–Trinajstić information content (AvgIpc) is 2.99. The van der Waals surface area contributed by atoms with E-state index in [1.165, 1.54) is 6.92 Å². The highest BCUT2D eigenvalue weighted by Gasteiger charge is 2.30. The van der Waals surface area contributed by atoms with Gasteiger partial charge in [-0.05, 0) is 56.5 Å². The summed E-state index contributed by atoms with van der Waals surface area (Å²) in [6.45, 7) is 6.96. The second-order valence-corrected chi connectivity index (χ2v) is 13.5. The van der Waals surface area contributed by atoms with Crippen LogP contribution >= 0.6 is 0 Å². The minimum absolute atomic E-state index is 0.0866. The maximum absolute atomic E-state index is 13.7. The molecule has 0 radical (unpaired) electrons. The van der Waals surface area contributed by atoms with E-state index >= 15 is 0 Å². The Bertz CT molecular complexity index is 1670. The summed E-state index contributed by atoms with van der Waals surface area (Å²) in [5.74, 6) is -1.51. The Labute approximate surface area is 266 Å². The third kappa shape index (κ3) is 9.79. The fourth-order valence-corrected chi connectivity index (χ4v) is 6.10. The van der Waals surface area contributed by atoms with Gasteiger partial charge in [-0.2, -0.15) is 0 Å². The second kappa shape index (κ2) is 15.0. The molecule has 0 aliphatic carbocycles. The number of hydrogen-bond donors (Lipinski definition) is 4. The van der Waals surface area contributed by atoms with Crippen LogP contribution in [0.5, 0.6) is 0 Å². The number of carbonyl (C=O) groups excluding carboxylic acids is 3. The summed E-state index contributed by atoms with van der Waals surface area (Å²) in [5, 5.41) is 21.2. The Morgan fingerprint density at radius 1 is 0.844 bits per heavy atom. The maximum Gasteiger partial charge on any atom is 0.251 e. The summed E-state index contributed by atoms with van der Waals surface area (Å²) in [5.41, 5.74) is 2.16. The van der Waals surface area contributed by atoms with E-state index in [9.17, 15) is 23.7 Å². The van der Waals surface area contributed by atoms with Crippen LogP contribution < -0.4 is 16.0 Å². The molecule has 0 saturated heterocycles. The number of aromatic nitrogens is 1. The van der Waals surface area contributed by atoms with Crippen molar-refractivity contribution in [3.8, 4) is 0 Å². The molecular weight excluding hydrogens is 588 g/mol. The number of benzene rings is 3. The quantitative estimate of drug-likeness (QED) is 0.189. The van der Waals surface area contributed by atoms with Crippen LogP contribution in [0, 0.1) is 0 Å². The minimum Gasteiger partial charge on any atom is -0.391 e. The van der Waals surface area contributed by atoms with Gasteiger partial charge in [-0.25, -0.2) is 4.98 Å². The zero-order chi connectivity index (χ0) is 32.6. The van der Waals surface area contributed by atoms with Gasteiger partial charge in [-0.1, -0.05) is 72.8 Å². The normalized spacial score (nSPS) is 14.2. The van der Waals surface area contributed by atoms with E-state index in [0.29, 0.717) is 21.7 Å². The van der Waals surface area contributed by atoms with Gasteiger partial charge in [0, 0.05) is 29.8 Å². The molecule has 0 spiro atoms. The fraction of sp³-hybridized carbons (Fsp3) is 0.314. The molecule has 236 valence electrons. The zero-order valence-electron chi connectivity index (χ0n) is 25.9. The van der Waals surface area contributed by atoms with Gasteiger partial charge in [0.25, 0.3) is 5.91 Å². The predicted octanol–water partition coefficient (Wildman–Crippen LogP) is 3.71. The van der Waals surface area contributed by atoms with Gasteiger partial charge in [-0.3, -0.25) is 18.6 Å². The molecule has 9 nitrogen and oxygen atoms in total. The van der Waals surface area contributed by atoms with Crippen LogP contribution in [0.4, 0.5) is 0 Å². The molecule has 1 heterocycles. The molecule has 1 unspecified atom stereocenters. The second-order valence-electron chi connectivity index (χ2n) is 12.0. The third-order valence-corrected chi connectivity index (χ3v) is 8.42. The smallest absolute Gasteiger partial charge is 0.251 e. The molecule has 0 aliphatic rings. The van der Waals surface area contributed by atoms with Gasteiger partial charge in [0.15, 0.2) is 0 Å². The van der Waals surface area contributed by atoms with E-state index in [2.05, 4.69) is 20.9 Å². The number of carbonyl (C=O) groups is 3. The highest BCUT2D eigenvalue weighted by atomic mass is 32.2. The van der Waals surface area contributed by atoms with Crippen molar-refractivity contribution in [1.82, 2.24) is 20.9 Å². The molecule has 0 aliphatic heterocycles. The van der Waals surface area contributed by atoms with Crippen molar-refractivity contribution < 1.29 is 23.7 Å². The molecule has 3 amide bonds. The molecule has 4 rings (SSSR count). The topological polar surface area (TPSA) is 137 Å². The van der Waals surface area contributed by atoms with Gasteiger partial charge in [-0.15, -0.1) is 0 Å². The Morgan fingerprint density at radius 3 is 2.22 bits per heavy atom. The number of fused-ring (bicyclic) bond motifs is 1. The van der Waals surface area contributed by atoms with Crippen LogP contribution in [0.1, 0.15) is 49.2 Å². The van der Waals surface area contributed by atoms with Crippen molar-refractivity contribution in [2.75, 3.05) is 5.75 Å². The lowest BCUT2D eigenvalue weighted by Gasteiger charge is -2.28. The van der Waals surface area contributed by atoms with E-state index in [-0.39, 0.29) is 24.5 Å². The molecule has 0 bridgehead atoms. The van der Waals surface area contributed by atoms with Crippen LogP contribution in [0.15, 0.2) is 96.0 Å². The summed E-state index contributed by atoms with van der Waals surface area (Å²) in [6.07, 6.45) is -0.724. The van der Waals surface area contributed by atoms with Gasteiger partial charge < -0.3 is 21.1 Å². The lowest BCUT2D eigenvalue weighted by molar-refractivity contribution is -0.128. The molecule has 1 aromatic heterocycles. The maximum atomic E-state index is 13.7.